The number of benzene rings is 1. The normalized spacial score (nSPS) is 18.7. The van der Waals surface area contributed by atoms with E-state index in [-0.39, 0.29) is 5.54 Å². The zero-order valence-electron chi connectivity index (χ0n) is 11.7. The Hall–Kier alpha value is -0.870. The van der Waals surface area contributed by atoms with Crippen LogP contribution in [0.3, 0.4) is 0 Å². The molecule has 19 heavy (non-hydrogen) atoms. The Morgan fingerprint density at radius 2 is 1.89 bits per heavy atom. The molecule has 1 fully saturated rings. The van der Waals surface area contributed by atoms with E-state index < -0.39 is 0 Å². The van der Waals surface area contributed by atoms with Crippen LogP contribution in [0.5, 0.6) is 5.75 Å². The molecule has 1 aliphatic rings. The van der Waals surface area contributed by atoms with Crippen molar-refractivity contribution >= 4 is 21.7 Å². The van der Waals surface area contributed by atoms with Crippen molar-refractivity contribution in [3.8, 4) is 5.75 Å². The van der Waals surface area contributed by atoms with Gasteiger partial charge in [-0.15, -0.1) is 0 Å². The third kappa shape index (κ3) is 2.70. The number of hydrogen-bond donors (Lipinski definition) is 0. The predicted octanol–water partition coefficient (Wildman–Crippen LogP) is 3.36. The molecule has 0 unspecified atom stereocenters. The third-order valence-electron chi connectivity index (χ3n) is 4.17. The summed E-state index contributed by atoms with van der Waals surface area (Å²) in [4.78, 5) is 13.8. The molecule has 0 aromatic heterocycles. The first-order valence-corrected chi connectivity index (χ1v) is 7.32. The smallest absolute Gasteiger partial charge is 0.133 e. The Balaban J connectivity index is 2.47. The van der Waals surface area contributed by atoms with Crippen molar-refractivity contribution in [2.45, 2.75) is 31.2 Å². The Labute approximate surface area is 123 Å². The molecule has 0 aliphatic heterocycles. The van der Waals surface area contributed by atoms with E-state index in [2.05, 4.69) is 41.0 Å². The molecule has 0 N–H and O–H groups in total. The standard InChI is InChI=1S/C15H20BrNO2/c1-17(2)15(8-6-11(18)7-9-15)13-10-12(19-3)4-5-14(13)16/h4-5,10H,6-9H2,1-3H3. The van der Waals surface area contributed by atoms with Gasteiger partial charge in [-0.05, 0) is 50.7 Å². The van der Waals surface area contributed by atoms with Gasteiger partial charge in [0.15, 0.2) is 0 Å². The van der Waals surface area contributed by atoms with Crippen LogP contribution >= 0.6 is 15.9 Å². The van der Waals surface area contributed by atoms with E-state index >= 15 is 0 Å². The molecule has 0 saturated heterocycles. The fourth-order valence-electron chi connectivity index (χ4n) is 2.89. The number of hydrogen-bond acceptors (Lipinski definition) is 3. The maximum absolute atomic E-state index is 11.6. The second-order valence-electron chi connectivity index (χ2n) is 5.31. The second-order valence-corrected chi connectivity index (χ2v) is 6.16. The number of nitrogens with zero attached hydrogens (tertiary/aromatic N) is 1. The summed E-state index contributed by atoms with van der Waals surface area (Å²) in [5.74, 6) is 1.23. The van der Waals surface area contributed by atoms with E-state index in [1.807, 2.05) is 12.1 Å². The summed E-state index contributed by atoms with van der Waals surface area (Å²) in [5.41, 5.74) is 1.13. The van der Waals surface area contributed by atoms with E-state index in [4.69, 9.17) is 4.74 Å². The highest BCUT2D eigenvalue weighted by molar-refractivity contribution is 9.10. The Morgan fingerprint density at radius 1 is 1.26 bits per heavy atom. The Morgan fingerprint density at radius 3 is 2.42 bits per heavy atom. The van der Waals surface area contributed by atoms with Crippen LogP contribution in [0.1, 0.15) is 31.2 Å². The van der Waals surface area contributed by atoms with Crippen LogP contribution in [-0.4, -0.2) is 31.9 Å². The zero-order valence-corrected chi connectivity index (χ0v) is 13.3. The van der Waals surface area contributed by atoms with Gasteiger partial charge in [-0.25, -0.2) is 0 Å². The minimum Gasteiger partial charge on any atom is -0.497 e. The quantitative estimate of drug-likeness (QED) is 0.853. The van der Waals surface area contributed by atoms with Crippen LogP contribution in [0.4, 0.5) is 0 Å². The number of ketones is 1. The molecule has 1 aromatic rings. The molecule has 0 atom stereocenters. The lowest BCUT2D eigenvalue weighted by Crippen LogP contribution is -2.44. The van der Waals surface area contributed by atoms with Gasteiger partial charge in [-0.2, -0.15) is 0 Å². The van der Waals surface area contributed by atoms with Crippen molar-refractivity contribution in [1.82, 2.24) is 4.90 Å². The number of ether oxygens (including phenoxy) is 1. The molecule has 0 heterocycles. The summed E-state index contributed by atoms with van der Waals surface area (Å²) in [5, 5.41) is 0. The fourth-order valence-corrected chi connectivity index (χ4v) is 3.50. The Bertz CT molecular complexity index is 475. The number of rotatable bonds is 3. The van der Waals surface area contributed by atoms with E-state index in [9.17, 15) is 4.79 Å². The molecule has 2 rings (SSSR count). The Kier molecular flexibility index (Phi) is 4.31. The average molecular weight is 326 g/mol. The topological polar surface area (TPSA) is 29.5 Å². The van der Waals surface area contributed by atoms with E-state index in [0.717, 1.165) is 23.1 Å². The lowest BCUT2D eigenvalue weighted by molar-refractivity contribution is -0.122. The minimum absolute atomic E-state index is 0.0821. The molecule has 1 aromatic carbocycles. The van der Waals surface area contributed by atoms with Gasteiger partial charge in [0, 0.05) is 22.9 Å². The molecule has 104 valence electrons. The third-order valence-corrected chi connectivity index (χ3v) is 4.86. The monoisotopic (exact) mass is 325 g/mol. The largest absolute Gasteiger partial charge is 0.497 e. The van der Waals surface area contributed by atoms with Gasteiger partial charge >= 0.3 is 0 Å². The number of Topliss-reactive ketones (excluding diaryl/α,β-unsaturated/α-hetero) is 1. The molecule has 1 aliphatic carbocycles. The van der Waals surface area contributed by atoms with Crippen LogP contribution in [0.25, 0.3) is 0 Å². The van der Waals surface area contributed by atoms with Crippen LogP contribution in [0, 0.1) is 0 Å². The molecule has 3 nitrogen and oxygen atoms in total. The lowest BCUT2D eigenvalue weighted by Gasteiger charge is -2.43. The molecule has 1 saturated carbocycles. The van der Waals surface area contributed by atoms with E-state index in [0.29, 0.717) is 18.6 Å². The molecule has 0 radical (unpaired) electrons. The van der Waals surface area contributed by atoms with Gasteiger partial charge in [-0.1, -0.05) is 15.9 Å². The maximum atomic E-state index is 11.6. The zero-order chi connectivity index (χ0) is 14.0. The van der Waals surface area contributed by atoms with Gasteiger partial charge in [0.1, 0.15) is 11.5 Å². The molecule has 0 spiro atoms. The van der Waals surface area contributed by atoms with Crippen molar-refractivity contribution in [3.63, 3.8) is 0 Å². The first-order chi connectivity index (χ1) is 8.99. The number of methoxy groups -OCH3 is 1. The molecule has 0 amide bonds. The van der Waals surface area contributed by atoms with Gasteiger partial charge in [0.2, 0.25) is 0 Å². The number of halogens is 1. The minimum atomic E-state index is -0.0821. The highest BCUT2D eigenvalue weighted by Gasteiger charge is 2.39. The summed E-state index contributed by atoms with van der Waals surface area (Å²) in [6, 6.07) is 6.06. The van der Waals surface area contributed by atoms with E-state index in [1.165, 1.54) is 5.56 Å². The highest BCUT2D eigenvalue weighted by Crippen LogP contribution is 2.44. The highest BCUT2D eigenvalue weighted by atomic mass is 79.9. The molecule has 4 heteroatoms. The molecular formula is C15H20BrNO2. The molecule has 0 bridgehead atoms. The number of carbonyl (C=O) groups is 1. The van der Waals surface area contributed by atoms with Gasteiger partial charge in [-0.3, -0.25) is 9.69 Å². The summed E-state index contributed by atoms with van der Waals surface area (Å²) in [6.07, 6.45) is 3.04. The first kappa shape index (κ1) is 14.5. The predicted molar refractivity (Wildman–Crippen MR) is 79.5 cm³/mol. The van der Waals surface area contributed by atoms with Gasteiger partial charge in [0.25, 0.3) is 0 Å². The summed E-state index contributed by atoms with van der Waals surface area (Å²) in [6.45, 7) is 0. The summed E-state index contributed by atoms with van der Waals surface area (Å²) >= 11 is 3.65. The van der Waals surface area contributed by atoms with Crippen LogP contribution in [-0.2, 0) is 10.3 Å². The first-order valence-electron chi connectivity index (χ1n) is 6.53. The maximum Gasteiger partial charge on any atom is 0.133 e. The van der Waals surface area contributed by atoms with Crippen LogP contribution < -0.4 is 4.74 Å². The number of carbonyl (C=O) groups excluding carboxylic acids is 1. The summed E-state index contributed by atoms with van der Waals surface area (Å²) < 4.78 is 6.42. The van der Waals surface area contributed by atoms with Crippen molar-refractivity contribution in [2.24, 2.45) is 0 Å². The fraction of sp³-hybridized carbons (Fsp3) is 0.533. The van der Waals surface area contributed by atoms with Gasteiger partial charge in [0.05, 0.1) is 7.11 Å². The summed E-state index contributed by atoms with van der Waals surface area (Å²) in [7, 11) is 5.85. The van der Waals surface area contributed by atoms with Crippen molar-refractivity contribution < 1.29 is 9.53 Å². The van der Waals surface area contributed by atoms with Crippen molar-refractivity contribution in [1.29, 1.82) is 0 Å². The van der Waals surface area contributed by atoms with Gasteiger partial charge < -0.3 is 4.74 Å². The van der Waals surface area contributed by atoms with E-state index in [1.54, 1.807) is 7.11 Å². The second kappa shape index (κ2) is 5.63. The van der Waals surface area contributed by atoms with Crippen molar-refractivity contribution in [2.75, 3.05) is 21.2 Å². The van der Waals surface area contributed by atoms with Crippen LogP contribution in [0.2, 0.25) is 0 Å². The SMILES string of the molecule is COc1ccc(Br)c(C2(N(C)C)CCC(=O)CC2)c1. The van der Waals surface area contributed by atoms with Crippen molar-refractivity contribution in [3.05, 3.63) is 28.2 Å². The molecular weight excluding hydrogens is 306 g/mol. The lowest BCUT2D eigenvalue weighted by atomic mass is 9.75. The average Bonchev–Trinajstić information content (AvgIpc) is 2.40. The van der Waals surface area contributed by atoms with Crippen LogP contribution in [0.15, 0.2) is 22.7 Å².